The summed E-state index contributed by atoms with van der Waals surface area (Å²) < 4.78 is 0. The number of aromatic hydroxyl groups is 1. The maximum absolute atomic E-state index is 9.40. The van der Waals surface area contributed by atoms with Crippen LogP contribution in [0, 0.1) is 0 Å². The molecule has 24 heavy (non-hydrogen) atoms. The Morgan fingerprint density at radius 3 is 2.04 bits per heavy atom. The third-order valence-corrected chi connectivity index (χ3v) is 3.99. The van der Waals surface area contributed by atoms with Gasteiger partial charge >= 0.3 is 0 Å². The zero-order valence-corrected chi connectivity index (χ0v) is 15.4. The van der Waals surface area contributed by atoms with Gasteiger partial charge in [-0.05, 0) is 31.0 Å². The summed E-state index contributed by atoms with van der Waals surface area (Å²) in [4.78, 5) is 17.7. The van der Waals surface area contributed by atoms with Crippen LogP contribution in [0.1, 0.15) is 38.1 Å². The van der Waals surface area contributed by atoms with Crippen molar-refractivity contribution in [2.45, 2.75) is 39.2 Å². The third kappa shape index (κ3) is 4.34. The van der Waals surface area contributed by atoms with Crippen molar-refractivity contribution in [3.8, 4) is 5.75 Å². The van der Waals surface area contributed by atoms with Gasteiger partial charge in [0, 0.05) is 33.1 Å². The molecule has 1 N–H and O–H groups in total. The first-order valence-electron chi connectivity index (χ1n) is 8.22. The number of phenols is 1. The Morgan fingerprint density at radius 1 is 0.917 bits per heavy atom. The quantitative estimate of drug-likeness (QED) is 0.879. The highest BCUT2D eigenvalue weighted by molar-refractivity contribution is 5.39. The maximum Gasteiger partial charge on any atom is 0.230 e. The second kappa shape index (κ2) is 7.47. The van der Waals surface area contributed by atoms with E-state index in [9.17, 15) is 5.11 Å². The number of likely N-dealkylation sites (N-methyl/N-ethyl adjacent to an activating group) is 1. The largest absolute Gasteiger partial charge is 0.508 e. The lowest BCUT2D eigenvalue weighted by Gasteiger charge is -2.26. The number of hydrogen-bond acceptors (Lipinski definition) is 6. The van der Waals surface area contributed by atoms with Crippen molar-refractivity contribution in [1.82, 2.24) is 15.0 Å². The zero-order chi connectivity index (χ0) is 17.9. The van der Waals surface area contributed by atoms with Gasteiger partial charge in [-0.1, -0.05) is 26.0 Å². The fraction of sp³-hybridized carbons (Fsp3) is 0.500. The number of hydrogen-bond donors (Lipinski definition) is 1. The van der Waals surface area contributed by atoms with Gasteiger partial charge in [-0.3, -0.25) is 0 Å². The predicted molar refractivity (Wildman–Crippen MR) is 97.9 cm³/mol. The zero-order valence-electron chi connectivity index (χ0n) is 15.4. The summed E-state index contributed by atoms with van der Waals surface area (Å²) >= 11 is 0. The van der Waals surface area contributed by atoms with Crippen molar-refractivity contribution in [3.05, 3.63) is 35.7 Å². The van der Waals surface area contributed by atoms with Gasteiger partial charge in [0.2, 0.25) is 11.9 Å². The lowest BCUT2D eigenvalue weighted by molar-refractivity contribution is 0.475. The summed E-state index contributed by atoms with van der Waals surface area (Å²) in [6.07, 6.45) is 0.844. The lowest BCUT2D eigenvalue weighted by atomic mass is 10.1. The highest BCUT2D eigenvalue weighted by Crippen LogP contribution is 2.20. The molecule has 0 radical (unpaired) electrons. The number of nitrogens with zero attached hydrogens (tertiary/aromatic N) is 5. The van der Waals surface area contributed by atoms with Crippen molar-refractivity contribution in [1.29, 1.82) is 0 Å². The van der Waals surface area contributed by atoms with Crippen molar-refractivity contribution in [2.75, 3.05) is 30.9 Å². The minimum absolute atomic E-state index is 0.215. The first-order chi connectivity index (χ1) is 11.3. The first-order valence-corrected chi connectivity index (χ1v) is 8.22. The Kier molecular flexibility index (Phi) is 5.59. The van der Waals surface area contributed by atoms with Gasteiger partial charge in [-0.15, -0.1) is 0 Å². The molecular weight excluding hydrogens is 302 g/mol. The van der Waals surface area contributed by atoms with Gasteiger partial charge < -0.3 is 14.9 Å². The average molecular weight is 329 g/mol. The summed E-state index contributed by atoms with van der Waals surface area (Å²) in [5.74, 6) is 2.68. The van der Waals surface area contributed by atoms with Crippen LogP contribution in [-0.2, 0) is 6.42 Å². The number of phenolic OH excluding ortho intramolecular Hbond substituents is 1. The van der Waals surface area contributed by atoms with Crippen molar-refractivity contribution >= 4 is 11.9 Å². The van der Waals surface area contributed by atoms with E-state index >= 15 is 0 Å². The first kappa shape index (κ1) is 18.0. The fourth-order valence-corrected chi connectivity index (χ4v) is 2.29. The van der Waals surface area contributed by atoms with E-state index < -0.39 is 0 Å². The molecule has 6 heteroatoms. The van der Waals surface area contributed by atoms with Crippen molar-refractivity contribution in [2.24, 2.45) is 0 Å². The smallest absolute Gasteiger partial charge is 0.230 e. The summed E-state index contributed by atoms with van der Waals surface area (Å²) in [5.41, 5.74) is 1.16. The monoisotopic (exact) mass is 329 g/mol. The molecule has 0 aliphatic heterocycles. The molecule has 0 aliphatic carbocycles. The van der Waals surface area contributed by atoms with Crippen LogP contribution in [0.4, 0.5) is 11.9 Å². The topological polar surface area (TPSA) is 65.4 Å². The normalized spacial score (nSPS) is 12.3. The van der Waals surface area contributed by atoms with E-state index in [0.29, 0.717) is 11.9 Å². The van der Waals surface area contributed by atoms with Gasteiger partial charge in [-0.2, -0.15) is 15.0 Å². The maximum atomic E-state index is 9.40. The van der Waals surface area contributed by atoms with Gasteiger partial charge in [0.05, 0.1) is 0 Å². The molecule has 6 nitrogen and oxygen atoms in total. The molecule has 0 saturated heterocycles. The Hall–Kier alpha value is -2.37. The van der Waals surface area contributed by atoms with E-state index in [1.54, 1.807) is 12.1 Å². The van der Waals surface area contributed by atoms with E-state index in [4.69, 9.17) is 0 Å². The fourth-order valence-electron chi connectivity index (χ4n) is 2.29. The third-order valence-electron chi connectivity index (χ3n) is 3.99. The Labute approximate surface area is 144 Å². The molecule has 2 aromatic rings. The van der Waals surface area contributed by atoms with Gasteiger partial charge in [-0.25, -0.2) is 0 Å². The summed E-state index contributed by atoms with van der Waals surface area (Å²) in [5, 5.41) is 9.40. The van der Waals surface area contributed by atoms with Crippen molar-refractivity contribution in [3.63, 3.8) is 0 Å². The highest BCUT2D eigenvalue weighted by Gasteiger charge is 2.18. The molecule has 0 bridgehead atoms. The average Bonchev–Trinajstić information content (AvgIpc) is 2.55. The van der Waals surface area contributed by atoms with Crippen LogP contribution in [0.15, 0.2) is 24.3 Å². The van der Waals surface area contributed by atoms with Crippen LogP contribution in [0.5, 0.6) is 5.75 Å². The number of anilines is 2. The molecule has 1 unspecified atom stereocenters. The number of aromatic nitrogens is 3. The molecule has 0 saturated carbocycles. The Balaban J connectivity index is 2.23. The van der Waals surface area contributed by atoms with Crippen LogP contribution in [0.2, 0.25) is 0 Å². The molecule has 1 heterocycles. The predicted octanol–water partition coefficient (Wildman–Crippen LogP) is 2.83. The van der Waals surface area contributed by atoms with E-state index in [1.807, 2.05) is 38.2 Å². The van der Waals surface area contributed by atoms with Gasteiger partial charge in [0.15, 0.2) is 0 Å². The molecule has 0 spiro atoms. The minimum atomic E-state index is 0.215. The molecule has 2 rings (SSSR count). The van der Waals surface area contributed by atoms with Gasteiger partial charge in [0.25, 0.3) is 0 Å². The van der Waals surface area contributed by atoms with Crippen LogP contribution in [0.25, 0.3) is 0 Å². The van der Waals surface area contributed by atoms with Crippen LogP contribution < -0.4 is 9.80 Å². The van der Waals surface area contributed by atoms with Gasteiger partial charge in [0.1, 0.15) is 11.6 Å². The second-order valence-corrected chi connectivity index (χ2v) is 6.67. The Bertz CT molecular complexity index is 643. The van der Waals surface area contributed by atoms with Crippen LogP contribution in [0.3, 0.4) is 0 Å². The summed E-state index contributed by atoms with van der Waals surface area (Å²) in [7, 11) is 5.87. The molecular formula is C18H27N5O. The minimum Gasteiger partial charge on any atom is -0.508 e. The van der Waals surface area contributed by atoms with E-state index in [1.165, 1.54) is 0 Å². The van der Waals surface area contributed by atoms with Crippen LogP contribution >= 0.6 is 0 Å². The molecule has 130 valence electrons. The molecule has 1 aromatic heterocycles. The van der Waals surface area contributed by atoms with Crippen molar-refractivity contribution < 1.29 is 5.11 Å². The SMILES string of the molecule is CC(C)c1nc(N(C)C)nc(N(C)C(C)Cc2ccc(O)cc2)n1. The summed E-state index contributed by atoms with van der Waals surface area (Å²) in [6, 6.07) is 7.53. The molecule has 0 aliphatic rings. The highest BCUT2D eigenvalue weighted by atomic mass is 16.3. The standard InChI is InChI=1S/C18H27N5O/c1-12(2)16-19-17(22(4)5)21-18(20-16)23(6)13(3)11-14-7-9-15(24)10-8-14/h7-10,12-13,24H,11H2,1-6H3. The number of rotatable bonds is 6. The number of benzene rings is 1. The summed E-state index contributed by atoms with van der Waals surface area (Å²) in [6.45, 7) is 6.30. The van der Waals surface area contributed by atoms with E-state index in [0.717, 1.165) is 17.8 Å². The second-order valence-electron chi connectivity index (χ2n) is 6.67. The molecule has 0 amide bonds. The van der Waals surface area contributed by atoms with E-state index in [2.05, 4.69) is 40.6 Å². The molecule has 1 atom stereocenters. The lowest BCUT2D eigenvalue weighted by Crippen LogP contribution is -2.33. The van der Waals surface area contributed by atoms with E-state index in [-0.39, 0.29) is 17.7 Å². The molecule has 1 aromatic carbocycles. The van der Waals surface area contributed by atoms with Crippen LogP contribution in [-0.4, -0.2) is 47.2 Å². The Morgan fingerprint density at radius 2 is 1.50 bits per heavy atom. The molecule has 0 fully saturated rings.